The van der Waals surface area contributed by atoms with E-state index in [2.05, 4.69) is 0 Å². The Hall–Kier alpha value is -3.77. The average Bonchev–Trinajstić information content (AvgIpc) is 3.10. The Morgan fingerprint density at radius 2 is 1.70 bits per heavy atom. The molecule has 1 saturated heterocycles. The minimum atomic E-state index is -0.862. The highest BCUT2D eigenvalue weighted by Crippen LogP contribution is 2.45. The standard InChI is InChI=1S/C26H22ClNO5/c1-15-19(27)10-7-11-20(15)28-23(16-8-5-4-6-9-16)22(25(30)26(28)31)24(29)18-14-17(32-2)12-13-21(18)33-3/h4-14,23,29H,1-3H3/b24-22+. The molecule has 1 N–H and O–H groups in total. The quantitative estimate of drug-likeness (QED) is 0.316. The predicted molar refractivity (Wildman–Crippen MR) is 127 cm³/mol. The van der Waals surface area contributed by atoms with Crippen LogP contribution in [0.1, 0.15) is 22.7 Å². The fourth-order valence-corrected chi connectivity index (χ4v) is 4.20. The number of nitrogens with zero attached hydrogens (tertiary/aromatic N) is 1. The SMILES string of the molecule is COc1ccc(OC)c(/C(O)=C2\C(=O)C(=O)N(c3cccc(Cl)c3C)C2c2ccccc2)c1. The van der Waals surface area contributed by atoms with Crippen molar-refractivity contribution in [1.82, 2.24) is 0 Å². The van der Waals surface area contributed by atoms with E-state index >= 15 is 0 Å². The molecule has 1 fully saturated rings. The van der Waals surface area contributed by atoms with Crippen LogP contribution in [0.15, 0.2) is 72.3 Å². The van der Waals surface area contributed by atoms with Gasteiger partial charge < -0.3 is 14.6 Å². The molecule has 1 aliphatic heterocycles. The van der Waals surface area contributed by atoms with E-state index in [4.69, 9.17) is 21.1 Å². The molecule has 1 aliphatic rings. The number of carbonyl (C=O) groups is 2. The minimum Gasteiger partial charge on any atom is -0.507 e. The van der Waals surface area contributed by atoms with E-state index in [0.717, 1.165) is 0 Å². The van der Waals surface area contributed by atoms with E-state index in [1.165, 1.54) is 19.1 Å². The second kappa shape index (κ2) is 9.00. The van der Waals surface area contributed by atoms with Gasteiger partial charge in [-0.1, -0.05) is 48.0 Å². The van der Waals surface area contributed by atoms with Crippen molar-refractivity contribution in [3.63, 3.8) is 0 Å². The van der Waals surface area contributed by atoms with Gasteiger partial charge in [0.25, 0.3) is 11.7 Å². The van der Waals surface area contributed by atoms with Gasteiger partial charge >= 0.3 is 0 Å². The van der Waals surface area contributed by atoms with Crippen molar-refractivity contribution in [1.29, 1.82) is 0 Å². The Labute approximate surface area is 196 Å². The smallest absolute Gasteiger partial charge is 0.300 e. The Morgan fingerprint density at radius 3 is 2.36 bits per heavy atom. The lowest BCUT2D eigenvalue weighted by atomic mass is 9.94. The fourth-order valence-electron chi connectivity index (χ4n) is 4.03. The second-order valence-corrected chi connectivity index (χ2v) is 7.94. The summed E-state index contributed by atoms with van der Waals surface area (Å²) < 4.78 is 10.7. The number of ether oxygens (including phenoxy) is 2. The van der Waals surface area contributed by atoms with Gasteiger partial charge in [-0.3, -0.25) is 14.5 Å². The van der Waals surface area contributed by atoms with E-state index in [1.807, 2.05) is 18.2 Å². The second-order valence-electron chi connectivity index (χ2n) is 7.53. The maximum Gasteiger partial charge on any atom is 0.300 e. The zero-order valence-corrected chi connectivity index (χ0v) is 19.1. The third-order valence-corrected chi connectivity index (χ3v) is 6.13. The Bertz CT molecular complexity index is 1270. The molecule has 0 bridgehead atoms. The molecule has 7 heteroatoms. The molecule has 4 rings (SSSR count). The molecule has 0 spiro atoms. The molecule has 168 valence electrons. The molecule has 3 aromatic rings. The van der Waals surface area contributed by atoms with Crippen LogP contribution < -0.4 is 14.4 Å². The molecule has 33 heavy (non-hydrogen) atoms. The number of carbonyl (C=O) groups excluding carboxylic acids is 2. The Morgan fingerprint density at radius 1 is 0.970 bits per heavy atom. The summed E-state index contributed by atoms with van der Waals surface area (Å²) in [5.41, 5.74) is 2.02. The molecule has 0 saturated carbocycles. The summed E-state index contributed by atoms with van der Waals surface area (Å²) in [4.78, 5) is 28.0. The van der Waals surface area contributed by atoms with Crippen LogP contribution in [-0.2, 0) is 9.59 Å². The van der Waals surface area contributed by atoms with E-state index in [9.17, 15) is 14.7 Å². The normalized spacial score (nSPS) is 17.3. The Kier molecular flexibility index (Phi) is 6.11. The number of benzene rings is 3. The molecule has 1 heterocycles. The van der Waals surface area contributed by atoms with Crippen LogP contribution in [-0.4, -0.2) is 31.0 Å². The number of methoxy groups -OCH3 is 2. The number of rotatable bonds is 5. The van der Waals surface area contributed by atoms with Gasteiger partial charge in [0.15, 0.2) is 0 Å². The molecule has 1 amide bonds. The molecular weight excluding hydrogens is 442 g/mol. The number of anilines is 1. The van der Waals surface area contributed by atoms with Crippen LogP contribution >= 0.6 is 11.6 Å². The number of halogens is 1. The van der Waals surface area contributed by atoms with Gasteiger partial charge in [-0.2, -0.15) is 0 Å². The van der Waals surface area contributed by atoms with Crippen molar-refractivity contribution in [2.45, 2.75) is 13.0 Å². The van der Waals surface area contributed by atoms with Crippen molar-refractivity contribution in [2.24, 2.45) is 0 Å². The van der Waals surface area contributed by atoms with Crippen LogP contribution in [0, 0.1) is 6.92 Å². The van der Waals surface area contributed by atoms with Gasteiger partial charge in [0, 0.05) is 10.7 Å². The predicted octanol–water partition coefficient (Wildman–Crippen LogP) is 5.29. The lowest BCUT2D eigenvalue weighted by molar-refractivity contribution is -0.132. The van der Waals surface area contributed by atoms with Gasteiger partial charge in [-0.25, -0.2) is 0 Å². The lowest BCUT2D eigenvalue weighted by Gasteiger charge is -2.27. The molecule has 0 aromatic heterocycles. The number of aliphatic hydroxyl groups excluding tert-OH is 1. The van der Waals surface area contributed by atoms with Gasteiger partial charge in [0.2, 0.25) is 0 Å². The van der Waals surface area contributed by atoms with Crippen LogP contribution in [0.3, 0.4) is 0 Å². The Balaban J connectivity index is 2.01. The van der Waals surface area contributed by atoms with E-state index < -0.39 is 17.7 Å². The first-order chi connectivity index (χ1) is 15.9. The molecule has 1 atom stereocenters. The molecule has 1 unspecified atom stereocenters. The first kappa shape index (κ1) is 22.4. The van der Waals surface area contributed by atoms with Crippen molar-refractivity contribution in [3.05, 3.63) is 94.0 Å². The zero-order valence-electron chi connectivity index (χ0n) is 18.3. The van der Waals surface area contributed by atoms with Crippen LogP contribution in [0.4, 0.5) is 5.69 Å². The summed E-state index contributed by atoms with van der Waals surface area (Å²) in [5, 5.41) is 11.8. The summed E-state index contributed by atoms with van der Waals surface area (Å²) in [6.45, 7) is 1.78. The summed E-state index contributed by atoms with van der Waals surface area (Å²) in [7, 11) is 2.96. The van der Waals surface area contributed by atoms with Gasteiger partial charge in [0.1, 0.15) is 17.3 Å². The molecule has 0 radical (unpaired) electrons. The summed E-state index contributed by atoms with van der Waals surface area (Å²) >= 11 is 6.32. The molecule has 6 nitrogen and oxygen atoms in total. The summed E-state index contributed by atoms with van der Waals surface area (Å²) in [5.74, 6) is -1.10. The highest BCUT2D eigenvalue weighted by atomic mass is 35.5. The van der Waals surface area contributed by atoms with Crippen LogP contribution in [0.25, 0.3) is 5.76 Å². The number of aliphatic hydroxyl groups is 1. The molecule has 0 aliphatic carbocycles. The number of hydrogen-bond acceptors (Lipinski definition) is 5. The van der Waals surface area contributed by atoms with Gasteiger partial charge in [-0.15, -0.1) is 0 Å². The van der Waals surface area contributed by atoms with E-state index in [1.54, 1.807) is 55.5 Å². The zero-order chi connectivity index (χ0) is 23.7. The lowest BCUT2D eigenvalue weighted by Crippen LogP contribution is -2.30. The number of amides is 1. The molecular formula is C26H22ClNO5. The van der Waals surface area contributed by atoms with Gasteiger partial charge in [0.05, 0.1) is 31.4 Å². The first-order valence-corrected chi connectivity index (χ1v) is 10.6. The van der Waals surface area contributed by atoms with Crippen LogP contribution in [0.5, 0.6) is 11.5 Å². The fraction of sp³-hybridized carbons (Fsp3) is 0.154. The number of ketones is 1. The van der Waals surface area contributed by atoms with Crippen molar-refractivity contribution in [2.75, 3.05) is 19.1 Å². The van der Waals surface area contributed by atoms with E-state index in [0.29, 0.717) is 33.3 Å². The third kappa shape index (κ3) is 3.83. The minimum absolute atomic E-state index is 0.0443. The highest BCUT2D eigenvalue weighted by Gasteiger charge is 2.47. The largest absolute Gasteiger partial charge is 0.507 e. The van der Waals surface area contributed by atoms with Crippen LogP contribution in [0.2, 0.25) is 5.02 Å². The topological polar surface area (TPSA) is 76.1 Å². The monoisotopic (exact) mass is 463 g/mol. The summed E-state index contributed by atoms with van der Waals surface area (Å²) in [6, 6.07) is 18.2. The highest BCUT2D eigenvalue weighted by molar-refractivity contribution is 6.52. The van der Waals surface area contributed by atoms with Crippen molar-refractivity contribution < 1.29 is 24.2 Å². The van der Waals surface area contributed by atoms with Crippen molar-refractivity contribution in [3.8, 4) is 11.5 Å². The average molecular weight is 464 g/mol. The third-order valence-electron chi connectivity index (χ3n) is 5.72. The first-order valence-electron chi connectivity index (χ1n) is 10.2. The number of Topliss-reactive ketones (excluding diaryl/α,β-unsaturated/α-hetero) is 1. The van der Waals surface area contributed by atoms with Crippen molar-refractivity contribution >= 4 is 34.7 Å². The van der Waals surface area contributed by atoms with E-state index in [-0.39, 0.29) is 16.9 Å². The summed E-state index contributed by atoms with van der Waals surface area (Å²) in [6.07, 6.45) is 0. The maximum absolute atomic E-state index is 13.3. The number of hydrogen-bond donors (Lipinski definition) is 1. The molecule has 3 aromatic carbocycles. The maximum atomic E-state index is 13.3. The van der Waals surface area contributed by atoms with Gasteiger partial charge in [-0.05, 0) is 48.4 Å².